The number of nitrogens with one attached hydrogen (secondary N) is 4. The maximum absolute atomic E-state index is 14.9. The molecule has 2 heterocycles. The van der Waals surface area contributed by atoms with Crippen LogP contribution in [0.1, 0.15) is 13.3 Å². The summed E-state index contributed by atoms with van der Waals surface area (Å²) in [4.78, 5) is 40.4. The Morgan fingerprint density at radius 2 is 1.86 bits per heavy atom. The number of nitrogens with zero attached hydrogens (tertiary/aromatic N) is 1. The molecule has 4 aromatic rings. The molecule has 2 amide bonds. The molecule has 0 bridgehead atoms. The van der Waals surface area contributed by atoms with Crippen LogP contribution in [-0.4, -0.2) is 30.5 Å². The Hall–Kier alpha value is -3.68. The zero-order valence-corrected chi connectivity index (χ0v) is 21.0. The molecule has 188 valence electrons. The predicted octanol–water partition coefficient (Wildman–Crippen LogP) is 3.87. The lowest BCUT2D eigenvalue weighted by Gasteiger charge is -2.11. The van der Waals surface area contributed by atoms with Gasteiger partial charge < -0.3 is 15.6 Å². The van der Waals surface area contributed by atoms with Crippen molar-refractivity contribution in [2.75, 3.05) is 17.2 Å². The van der Waals surface area contributed by atoms with Crippen molar-refractivity contribution in [2.24, 2.45) is 0 Å². The third-order valence-electron chi connectivity index (χ3n) is 4.96. The summed E-state index contributed by atoms with van der Waals surface area (Å²) in [5.74, 6) is -0.992. The number of hydrogen-bond donors (Lipinski definition) is 4. The van der Waals surface area contributed by atoms with E-state index in [1.165, 1.54) is 24.3 Å². The van der Waals surface area contributed by atoms with Crippen LogP contribution in [0.2, 0.25) is 4.34 Å². The summed E-state index contributed by atoms with van der Waals surface area (Å²) < 4.78 is 41.9. The Bertz CT molecular complexity index is 1700. The van der Waals surface area contributed by atoms with E-state index in [2.05, 4.69) is 15.6 Å². The number of carbonyl (C=O) groups excluding carboxylic acids is 1. The third-order valence-corrected chi connectivity index (χ3v) is 8.02. The number of H-pyrrole nitrogens is 1. The zero-order valence-electron chi connectivity index (χ0n) is 18.6. The van der Waals surface area contributed by atoms with Crippen molar-refractivity contribution in [2.45, 2.75) is 17.6 Å². The molecule has 0 aliphatic carbocycles. The highest BCUT2D eigenvalue weighted by Gasteiger charge is 2.20. The van der Waals surface area contributed by atoms with E-state index >= 15 is 0 Å². The lowest BCUT2D eigenvalue weighted by molar-refractivity contribution is 0.256. The van der Waals surface area contributed by atoms with Crippen molar-refractivity contribution in [3.05, 3.63) is 79.5 Å². The van der Waals surface area contributed by atoms with Gasteiger partial charge in [0.25, 0.3) is 15.6 Å². The van der Waals surface area contributed by atoms with Gasteiger partial charge in [-0.3, -0.25) is 4.79 Å². The van der Waals surface area contributed by atoms with Crippen LogP contribution >= 0.6 is 22.9 Å². The van der Waals surface area contributed by atoms with Gasteiger partial charge in [0.1, 0.15) is 10.0 Å². The number of halogens is 2. The topological polar surface area (TPSA) is 142 Å². The lowest BCUT2D eigenvalue weighted by atomic mass is 10.2. The molecule has 4 N–H and O–H groups in total. The van der Waals surface area contributed by atoms with Gasteiger partial charge >= 0.3 is 11.7 Å². The molecule has 0 aliphatic heterocycles. The van der Waals surface area contributed by atoms with Gasteiger partial charge in [0, 0.05) is 17.9 Å². The van der Waals surface area contributed by atoms with E-state index in [9.17, 15) is 27.2 Å². The van der Waals surface area contributed by atoms with Crippen molar-refractivity contribution >= 4 is 61.3 Å². The van der Waals surface area contributed by atoms with Crippen LogP contribution in [-0.2, 0) is 10.0 Å². The molecule has 0 radical (unpaired) electrons. The van der Waals surface area contributed by atoms with Crippen molar-refractivity contribution in [1.82, 2.24) is 14.3 Å². The number of rotatable bonds is 7. The number of urea groups is 1. The summed E-state index contributed by atoms with van der Waals surface area (Å²) in [6, 6.07) is 9.50. The van der Waals surface area contributed by atoms with Crippen molar-refractivity contribution in [1.29, 1.82) is 0 Å². The highest BCUT2D eigenvalue weighted by atomic mass is 35.5. The van der Waals surface area contributed by atoms with E-state index in [0.29, 0.717) is 16.6 Å². The smallest absolute Gasteiger partial charge is 0.333 e. The van der Waals surface area contributed by atoms with Crippen LogP contribution in [0.3, 0.4) is 0 Å². The van der Waals surface area contributed by atoms with Gasteiger partial charge in [-0.05, 0) is 55.0 Å². The van der Waals surface area contributed by atoms with E-state index in [-0.39, 0.29) is 25.3 Å². The SMILES string of the molecule is CCCNc1ccc2c(=O)n(-c3ccc(NC(=O)NS(=O)(=O)c4ccc(Cl)s4)cc3F)c(=O)[nH]c2c1. The molecule has 4 rings (SSSR count). The predicted molar refractivity (Wildman–Crippen MR) is 138 cm³/mol. The number of fused-ring (bicyclic) bond motifs is 1. The minimum absolute atomic E-state index is 0.106. The number of carbonyl (C=O) groups is 1. The molecule has 14 heteroatoms. The number of thiophene rings is 1. The first-order valence-electron chi connectivity index (χ1n) is 10.5. The number of hydrogen-bond acceptors (Lipinski definition) is 7. The Morgan fingerprint density at radius 1 is 1.11 bits per heavy atom. The average Bonchev–Trinajstić information content (AvgIpc) is 3.26. The van der Waals surface area contributed by atoms with Crippen LogP contribution in [0.15, 0.2) is 62.3 Å². The van der Waals surface area contributed by atoms with Crippen molar-refractivity contribution < 1.29 is 17.6 Å². The standard InChI is InChI=1S/C22H19ClFN5O5S2/c1-2-9-25-12-3-5-14-16(11-12)27-22(32)29(20(14)30)17-6-4-13(10-15(17)24)26-21(31)28-36(33,34)19-8-7-18(23)35-19/h3-8,10-11,25H,2,9H2,1H3,(H,27,32)(H2,26,28,31). The first kappa shape index (κ1) is 25.4. The fourth-order valence-corrected chi connectivity index (χ4v) is 5.74. The number of benzene rings is 2. The lowest BCUT2D eigenvalue weighted by Crippen LogP contribution is -2.35. The molecule has 0 atom stereocenters. The molecule has 2 aromatic carbocycles. The summed E-state index contributed by atoms with van der Waals surface area (Å²) >= 11 is 6.49. The maximum atomic E-state index is 14.9. The number of anilines is 2. The van der Waals surface area contributed by atoms with Gasteiger partial charge in [0.05, 0.1) is 20.9 Å². The second-order valence-electron chi connectivity index (χ2n) is 7.54. The summed E-state index contributed by atoms with van der Waals surface area (Å²) in [6.07, 6.45) is 0.890. The Kier molecular flexibility index (Phi) is 7.15. The summed E-state index contributed by atoms with van der Waals surface area (Å²) in [5, 5.41) is 5.53. The molecule has 0 fully saturated rings. The van der Waals surface area contributed by atoms with Crippen LogP contribution in [0, 0.1) is 5.82 Å². The van der Waals surface area contributed by atoms with Gasteiger partial charge in [-0.25, -0.2) is 31.7 Å². The zero-order chi connectivity index (χ0) is 26.0. The van der Waals surface area contributed by atoms with Crippen LogP contribution in [0.25, 0.3) is 16.6 Å². The quantitative estimate of drug-likeness (QED) is 0.275. The summed E-state index contributed by atoms with van der Waals surface area (Å²) in [6.45, 7) is 2.71. The van der Waals surface area contributed by atoms with Crippen LogP contribution < -0.4 is 26.6 Å². The monoisotopic (exact) mass is 551 g/mol. The number of aromatic nitrogens is 2. The molecule has 0 spiro atoms. The summed E-state index contributed by atoms with van der Waals surface area (Å²) in [7, 11) is -4.18. The van der Waals surface area contributed by atoms with Gasteiger partial charge in [-0.1, -0.05) is 18.5 Å². The third kappa shape index (κ3) is 5.27. The van der Waals surface area contributed by atoms with Gasteiger partial charge in [0.15, 0.2) is 0 Å². The van der Waals surface area contributed by atoms with Crippen LogP contribution in [0.4, 0.5) is 20.6 Å². The Balaban J connectivity index is 1.59. The minimum Gasteiger partial charge on any atom is -0.385 e. The normalized spacial score (nSPS) is 11.4. The molecule has 36 heavy (non-hydrogen) atoms. The van der Waals surface area contributed by atoms with E-state index in [4.69, 9.17) is 11.6 Å². The first-order valence-corrected chi connectivity index (χ1v) is 13.2. The largest absolute Gasteiger partial charge is 0.385 e. The molecule has 2 aromatic heterocycles. The number of aromatic amines is 1. The minimum atomic E-state index is -4.18. The van der Waals surface area contributed by atoms with Crippen LogP contribution in [0.5, 0.6) is 0 Å². The number of amides is 2. The second-order valence-corrected chi connectivity index (χ2v) is 11.2. The molecular weight excluding hydrogens is 533 g/mol. The average molecular weight is 552 g/mol. The van der Waals surface area contributed by atoms with E-state index in [1.54, 1.807) is 16.9 Å². The molecule has 0 unspecified atom stereocenters. The number of sulfonamides is 1. The Morgan fingerprint density at radius 3 is 2.53 bits per heavy atom. The fraction of sp³-hybridized carbons (Fsp3) is 0.136. The molecule has 0 saturated carbocycles. The van der Waals surface area contributed by atoms with Gasteiger partial charge in [0.2, 0.25) is 0 Å². The van der Waals surface area contributed by atoms with Crippen molar-refractivity contribution in [3.8, 4) is 5.69 Å². The molecule has 0 saturated heterocycles. The molecular formula is C22H19ClFN5O5S2. The summed E-state index contributed by atoms with van der Waals surface area (Å²) in [5.41, 5.74) is -1.01. The first-order chi connectivity index (χ1) is 17.1. The van der Waals surface area contributed by atoms with Gasteiger partial charge in [-0.15, -0.1) is 11.3 Å². The van der Waals surface area contributed by atoms with Gasteiger partial charge in [-0.2, -0.15) is 0 Å². The van der Waals surface area contributed by atoms with Crippen molar-refractivity contribution in [3.63, 3.8) is 0 Å². The second kappa shape index (κ2) is 10.1. The highest BCUT2D eigenvalue weighted by molar-refractivity contribution is 7.92. The maximum Gasteiger partial charge on any atom is 0.333 e. The Labute approximate surface area is 212 Å². The van der Waals surface area contributed by atoms with E-state index < -0.39 is 33.1 Å². The van der Waals surface area contributed by atoms with E-state index in [1.807, 2.05) is 6.92 Å². The molecule has 0 aliphatic rings. The molecule has 10 nitrogen and oxygen atoms in total. The highest BCUT2D eigenvalue weighted by Crippen LogP contribution is 2.25. The fourth-order valence-electron chi connectivity index (χ4n) is 3.35. The van der Waals surface area contributed by atoms with E-state index in [0.717, 1.165) is 35.6 Å².